The molecular formula is C20H22N2O4. The fourth-order valence-corrected chi connectivity index (χ4v) is 3.05. The second kappa shape index (κ2) is 8.01. The Balaban J connectivity index is 1.60. The number of carbonyl (C=O) groups is 2. The third kappa shape index (κ3) is 4.03. The second-order valence-electron chi connectivity index (χ2n) is 6.32. The maximum Gasteiger partial charge on any atom is 0.251 e. The highest BCUT2D eigenvalue weighted by Gasteiger charge is 2.19. The molecule has 1 heterocycles. The number of nitrogens with zero attached hydrogens (tertiary/aromatic N) is 1. The van der Waals surface area contributed by atoms with E-state index in [1.54, 1.807) is 35.2 Å². The standard InChI is InChI=1S/C20H22N2O4/c23-13-17-12-16(7-8-18(17)24)14-3-5-15(6-4-14)20(26)21-9-11-22-10-1-2-19(22)25/h3-8,12,23-24H,1-2,9-11,13H2,(H,21,26). The summed E-state index contributed by atoms with van der Waals surface area (Å²) in [6.45, 7) is 1.51. The smallest absolute Gasteiger partial charge is 0.251 e. The first-order valence-corrected chi connectivity index (χ1v) is 8.67. The van der Waals surface area contributed by atoms with Crippen LogP contribution in [-0.4, -0.2) is 46.6 Å². The highest BCUT2D eigenvalue weighted by Crippen LogP contribution is 2.26. The molecule has 2 amide bonds. The summed E-state index contributed by atoms with van der Waals surface area (Å²) in [7, 11) is 0. The molecule has 2 aromatic carbocycles. The molecule has 0 aliphatic carbocycles. The van der Waals surface area contributed by atoms with Gasteiger partial charge >= 0.3 is 0 Å². The van der Waals surface area contributed by atoms with Gasteiger partial charge in [0.05, 0.1) is 6.61 Å². The monoisotopic (exact) mass is 354 g/mol. The molecule has 0 saturated carbocycles. The Morgan fingerprint density at radius 1 is 1.12 bits per heavy atom. The molecule has 0 aromatic heterocycles. The van der Waals surface area contributed by atoms with Gasteiger partial charge in [-0.25, -0.2) is 0 Å². The largest absolute Gasteiger partial charge is 0.508 e. The van der Waals surface area contributed by atoms with Crippen molar-refractivity contribution in [3.05, 3.63) is 53.6 Å². The molecule has 0 unspecified atom stereocenters. The molecule has 136 valence electrons. The van der Waals surface area contributed by atoms with E-state index < -0.39 is 0 Å². The van der Waals surface area contributed by atoms with Gasteiger partial charge in [-0.3, -0.25) is 9.59 Å². The lowest BCUT2D eigenvalue weighted by molar-refractivity contribution is -0.127. The number of rotatable bonds is 6. The first-order valence-electron chi connectivity index (χ1n) is 8.67. The molecule has 6 nitrogen and oxygen atoms in total. The molecule has 1 aliphatic heterocycles. The Labute approximate surface area is 152 Å². The molecule has 1 fully saturated rings. The summed E-state index contributed by atoms with van der Waals surface area (Å²) in [5.41, 5.74) is 2.74. The van der Waals surface area contributed by atoms with Crippen LogP contribution >= 0.6 is 0 Å². The van der Waals surface area contributed by atoms with Gasteiger partial charge in [-0.15, -0.1) is 0 Å². The van der Waals surface area contributed by atoms with Crippen LogP contribution in [0.3, 0.4) is 0 Å². The quantitative estimate of drug-likeness (QED) is 0.739. The minimum atomic E-state index is -0.236. The van der Waals surface area contributed by atoms with Crippen molar-refractivity contribution in [1.29, 1.82) is 0 Å². The molecule has 3 N–H and O–H groups in total. The highest BCUT2D eigenvalue weighted by molar-refractivity contribution is 5.94. The van der Waals surface area contributed by atoms with E-state index in [9.17, 15) is 19.8 Å². The Morgan fingerprint density at radius 3 is 2.50 bits per heavy atom. The van der Waals surface area contributed by atoms with E-state index in [0.29, 0.717) is 30.6 Å². The van der Waals surface area contributed by atoms with Crippen LogP contribution in [0.25, 0.3) is 11.1 Å². The minimum absolute atomic E-state index is 0.0590. The average Bonchev–Trinajstić information content (AvgIpc) is 3.07. The number of aliphatic hydroxyl groups is 1. The van der Waals surface area contributed by atoms with Crippen LogP contribution in [0.2, 0.25) is 0 Å². The van der Waals surface area contributed by atoms with Crippen molar-refractivity contribution in [1.82, 2.24) is 10.2 Å². The predicted octanol–water partition coefficient (Wildman–Crippen LogP) is 1.90. The van der Waals surface area contributed by atoms with Gasteiger partial charge in [0.2, 0.25) is 5.91 Å². The van der Waals surface area contributed by atoms with E-state index in [-0.39, 0.29) is 24.2 Å². The summed E-state index contributed by atoms with van der Waals surface area (Å²) in [6.07, 6.45) is 1.49. The lowest BCUT2D eigenvalue weighted by Gasteiger charge is -2.15. The highest BCUT2D eigenvalue weighted by atomic mass is 16.3. The number of amides is 2. The van der Waals surface area contributed by atoms with Crippen molar-refractivity contribution < 1.29 is 19.8 Å². The Morgan fingerprint density at radius 2 is 1.85 bits per heavy atom. The van der Waals surface area contributed by atoms with Crippen LogP contribution in [0.1, 0.15) is 28.8 Å². The van der Waals surface area contributed by atoms with Gasteiger partial charge < -0.3 is 20.4 Å². The number of aromatic hydroxyl groups is 1. The van der Waals surface area contributed by atoms with Crippen LogP contribution in [0.4, 0.5) is 0 Å². The molecule has 3 rings (SSSR count). The Hall–Kier alpha value is -2.86. The molecule has 26 heavy (non-hydrogen) atoms. The first kappa shape index (κ1) is 17.9. The lowest BCUT2D eigenvalue weighted by Crippen LogP contribution is -2.35. The van der Waals surface area contributed by atoms with Gasteiger partial charge in [0.1, 0.15) is 5.75 Å². The normalized spacial score (nSPS) is 13.9. The van der Waals surface area contributed by atoms with Crippen LogP contribution in [0.5, 0.6) is 5.75 Å². The van der Waals surface area contributed by atoms with E-state index in [4.69, 9.17) is 0 Å². The molecule has 0 bridgehead atoms. The summed E-state index contributed by atoms with van der Waals surface area (Å²) in [6, 6.07) is 12.1. The molecule has 0 spiro atoms. The van der Waals surface area contributed by atoms with Crippen molar-refractivity contribution in [3.63, 3.8) is 0 Å². The molecular weight excluding hydrogens is 332 g/mol. The lowest BCUT2D eigenvalue weighted by atomic mass is 10.0. The van der Waals surface area contributed by atoms with Crippen LogP contribution in [-0.2, 0) is 11.4 Å². The molecule has 1 saturated heterocycles. The summed E-state index contributed by atoms with van der Waals surface area (Å²) in [5, 5.41) is 21.7. The molecule has 1 aliphatic rings. The number of likely N-dealkylation sites (tertiary alicyclic amines) is 1. The topological polar surface area (TPSA) is 89.9 Å². The third-order valence-electron chi connectivity index (χ3n) is 4.57. The maximum absolute atomic E-state index is 12.2. The van der Waals surface area contributed by atoms with Crippen molar-refractivity contribution in [2.24, 2.45) is 0 Å². The van der Waals surface area contributed by atoms with Gasteiger partial charge in [-0.2, -0.15) is 0 Å². The van der Waals surface area contributed by atoms with Gasteiger partial charge in [-0.1, -0.05) is 18.2 Å². The van der Waals surface area contributed by atoms with Gasteiger partial charge in [0, 0.05) is 37.2 Å². The van der Waals surface area contributed by atoms with Gasteiger partial charge in [0.25, 0.3) is 5.91 Å². The fraction of sp³-hybridized carbons (Fsp3) is 0.300. The van der Waals surface area contributed by atoms with Crippen molar-refractivity contribution >= 4 is 11.8 Å². The van der Waals surface area contributed by atoms with Crippen LogP contribution in [0.15, 0.2) is 42.5 Å². The Bertz CT molecular complexity index is 802. The second-order valence-corrected chi connectivity index (χ2v) is 6.32. The number of nitrogens with one attached hydrogen (secondary N) is 1. The van der Waals surface area contributed by atoms with Crippen LogP contribution in [0, 0.1) is 0 Å². The van der Waals surface area contributed by atoms with Gasteiger partial charge in [-0.05, 0) is 41.8 Å². The zero-order chi connectivity index (χ0) is 18.5. The van der Waals surface area contributed by atoms with E-state index in [0.717, 1.165) is 24.1 Å². The Kier molecular flexibility index (Phi) is 5.53. The van der Waals surface area contributed by atoms with E-state index in [1.165, 1.54) is 0 Å². The zero-order valence-electron chi connectivity index (χ0n) is 14.4. The number of aliphatic hydroxyl groups excluding tert-OH is 1. The molecule has 0 atom stereocenters. The van der Waals surface area contributed by atoms with Crippen molar-refractivity contribution in [3.8, 4) is 16.9 Å². The third-order valence-corrected chi connectivity index (χ3v) is 4.57. The summed E-state index contributed by atoms with van der Waals surface area (Å²) in [4.78, 5) is 25.5. The average molecular weight is 354 g/mol. The van der Waals surface area contributed by atoms with E-state index in [2.05, 4.69) is 5.32 Å². The summed E-state index contributed by atoms with van der Waals surface area (Å²) < 4.78 is 0. The zero-order valence-corrected chi connectivity index (χ0v) is 14.4. The number of carbonyl (C=O) groups excluding carboxylic acids is 2. The molecule has 6 heteroatoms. The molecule has 2 aromatic rings. The minimum Gasteiger partial charge on any atom is -0.508 e. The van der Waals surface area contributed by atoms with E-state index >= 15 is 0 Å². The number of phenols is 1. The predicted molar refractivity (Wildman–Crippen MR) is 97.6 cm³/mol. The number of hydrogen-bond acceptors (Lipinski definition) is 4. The summed E-state index contributed by atoms with van der Waals surface area (Å²) in [5.74, 6) is 0.0356. The van der Waals surface area contributed by atoms with Gasteiger partial charge in [0.15, 0.2) is 0 Å². The van der Waals surface area contributed by atoms with Crippen molar-refractivity contribution in [2.45, 2.75) is 19.4 Å². The van der Waals surface area contributed by atoms with Crippen molar-refractivity contribution in [2.75, 3.05) is 19.6 Å². The summed E-state index contributed by atoms with van der Waals surface area (Å²) >= 11 is 0. The van der Waals surface area contributed by atoms with Crippen LogP contribution < -0.4 is 5.32 Å². The number of hydrogen-bond donors (Lipinski definition) is 3. The fourth-order valence-electron chi connectivity index (χ4n) is 3.05. The first-order chi connectivity index (χ1) is 12.6. The SMILES string of the molecule is O=C(NCCN1CCCC1=O)c1ccc(-c2ccc(O)c(CO)c2)cc1. The maximum atomic E-state index is 12.2. The molecule has 0 radical (unpaired) electrons. The van der Waals surface area contributed by atoms with E-state index in [1.807, 2.05) is 12.1 Å². The number of benzene rings is 2.